The molecule has 0 heterocycles. The Balaban J connectivity index is 1.80. The van der Waals surface area contributed by atoms with Gasteiger partial charge in [-0.05, 0) is 61.2 Å². The molecule has 3 fully saturated rings. The van der Waals surface area contributed by atoms with E-state index in [9.17, 15) is 14.0 Å². The van der Waals surface area contributed by atoms with Gasteiger partial charge in [-0.3, -0.25) is 9.59 Å². The predicted molar refractivity (Wildman–Crippen MR) is 97.5 cm³/mol. The molecule has 0 aliphatic heterocycles. The topological polar surface area (TPSA) is 34.1 Å². The summed E-state index contributed by atoms with van der Waals surface area (Å²) in [5.41, 5.74) is 0.477. The second kappa shape index (κ2) is 5.91. The van der Waals surface area contributed by atoms with Crippen LogP contribution in [-0.4, -0.2) is 16.4 Å². The molecule has 0 unspecified atom stereocenters. The molecule has 4 aliphatic rings. The minimum atomic E-state index is -0.378. The van der Waals surface area contributed by atoms with Gasteiger partial charge >= 0.3 is 0 Å². The molecule has 0 aromatic heterocycles. The summed E-state index contributed by atoms with van der Waals surface area (Å²) >= 11 is 3.80. The third-order valence-electron chi connectivity index (χ3n) is 7.45. The van der Waals surface area contributed by atoms with Crippen LogP contribution in [0.4, 0.5) is 4.39 Å². The zero-order chi connectivity index (χ0) is 17.8. The van der Waals surface area contributed by atoms with Gasteiger partial charge in [0.15, 0.2) is 5.78 Å². The quantitative estimate of drug-likeness (QED) is 0.474. The normalized spacial score (nSPS) is 45.0. The number of alkyl halides is 1. The maximum atomic E-state index is 12.7. The number of rotatable bonds is 1. The molecule has 0 N–H and O–H groups in total. The Morgan fingerprint density at radius 3 is 2.88 bits per heavy atom. The zero-order valence-corrected chi connectivity index (χ0v) is 15.9. The minimum absolute atomic E-state index is 0.00146. The van der Waals surface area contributed by atoms with E-state index < -0.39 is 0 Å². The van der Waals surface area contributed by atoms with Crippen LogP contribution in [0, 0.1) is 40.7 Å². The van der Waals surface area contributed by atoms with E-state index in [-0.39, 0.29) is 21.4 Å². The summed E-state index contributed by atoms with van der Waals surface area (Å²) in [4.78, 5) is 24.6. The number of hydrogen-bond donors (Lipinski definition) is 0. The highest BCUT2D eigenvalue weighted by Gasteiger charge is 2.60. The maximum Gasteiger partial charge on any atom is 0.178 e. The summed E-state index contributed by atoms with van der Waals surface area (Å²) in [5.74, 6) is 4.18. The van der Waals surface area contributed by atoms with Gasteiger partial charge in [0.05, 0.1) is 0 Å². The molecule has 0 saturated heterocycles. The number of fused-ring (bicyclic) bond motifs is 5. The van der Waals surface area contributed by atoms with Gasteiger partial charge in [0, 0.05) is 28.5 Å². The Bertz CT molecular complexity index is 758. The fourth-order valence-electron chi connectivity index (χ4n) is 6.25. The fraction of sp³-hybridized carbons (Fsp3) is 0.619. The lowest BCUT2D eigenvalue weighted by molar-refractivity contribution is -0.131. The average Bonchev–Trinajstić information content (AvgIpc) is 2.90. The number of Topliss-reactive ketones (excluding diaryl/α,β-unsaturated/α-hetero) is 1. The van der Waals surface area contributed by atoms with Crippen molar-refractivity contribution in [3.05, 3.63) is 23.8 Å². The fourth-order valence-corrected chi connectivity index (χ4v) is 7.24. The molecular formula is C21H22BrFO2. The van der Waals surface area contributed by atoms with E-state index in [2.05, 4.69) is 28.8 Å². The first-order chi connectivity index (χ1) is 11.9. The van der Waals surface area contributed by atoms with Crippen molar-refractivity contribution in [2.24, 2.45) is 28.6 Å². The SMILES string of the molecule is C[C@]12CC[C@H]3[C@@H](C[C@@H](Br)C4=CC(=O)C=C[C@@]43CC#CF)[C@@H]1CCC2=O. The highest BCUT2D eigenvalue weighted by atomic mass is 79.9. The zero-order valence-electron chi connectivity index (χ0n) is 14.4. The molecule has 6 atom stereocenters. The Labute approximate surface area is 156 Å². The molecule has 132 valence electrons. The van der Waals surface area contributed by atoms with Crippen molar-refractivity contribution in [2.75, 3.05) is 0 Å². The van der Waals surface area contributed by atoms with Gasteiger partial charge in [0.2, 0.25) is 0 Å². The number of hydrogen-bond acceptors (Lipinski definition) is 2. The molecule has 3 saturated carbocycles. The van der Waals surface area contributed by atoms with Gasteiger partial charge in [-0.2, -0.15) is 0 Å². The summed E-state index contributed by atoms with van der Waals surface area (Å²) < 4.78 is 12.7. The van der Waals surface area contributed by atoms with E-state index in [1.165, 1.54) is 0 Å². The van der Waals surface area contributed by atoms with Crippen molar-refractivity contribution in [3.63, 3.8) is 0 Å². The number of carbonyl (C=O) groups excluding carboxylic acids is 2. The predicted octanol–water partition coefficient (Wildman–Crippen LogP) is 4.54. The van der Waals surface area contributed by atoms with Crippen molar-refractivity contribution in [1.82, 2.24) is 0 Å². The largest absolute Gasteiger partial charge is 0.299 e. The molecule has 4 rings (SSSR count). The monoisotopic (exact) mass is 404 g/mol. The molecule has 0 spiro atoms. The molecule has 0 aromatic carbocycles. The van der Waals surface area contributed by atoms with Gasteiger partial charge in [-0.1, -0.05) is 34.9 Å². The second-order valence-corrected chi connectivity index (χ2v) is 9.43. The standard InChI is InChI=1S/C21H22BrFO2/c1-20-8-6-16-14(15(20)3-4-19(20)25)12-18(22)17-11-13(24)5-9-21(16,17)7-2-10-23/h5,9,11,14-16,18H,3-4,6-8,12H2,1H3/t14-,15-,16-,18+,20-,21+/m0/s1. The van der Waals surface area contributed by atoms with E-state index in [0.717, 1.165) is 31.3 Å². The first kappa shape index (κ1) is 17.2. The van der Waals surface area contributed by atoms with Crippen LogP contribution in [-0.2, 0) is 9.59 Å². The number of halogens is 2. The lowest BCUT2D eigenvalue weighted by Crippen LogP contribution is -2.53. The summed E-state index contributed by atoms with van der Waals surface area (Å²) in [5, 5.41) is 0. The van der Waals surface area contributed by atoms with Gasteiger partial charge in [0.25, 0.3) is 0 Å². The van der Waals surface area contributed by atoms with E-state index in [1.54, 1.807) is 18.3 Å². The molecule has 4 aliphatic carbocycles. The van der Waals surface area contributed by atoms with Crippen molar-refractivity contribution >= 4 is 27.5 Å². The Morgan fingerprint density at radius 2 is 2.12 bits per heavy atom. The van der Waals surface area contributed by atoms with Crippen molar-refractivity contribution in [2.45, 2.75) is 50.3 Å². The Morgan fingerprint density at radius 1 is 1.32 bits per heavy atom. The summed E-state index contributed by atoms with van der Waals surface area (Å²) in [6, 6.07) is 0. The van der Waals surface area contributed by atoms with E-state index >= 15 is 0 Å². The first-order valence-electron chi connectivity index (χ1n) is 9.13. The molecule has 4 heteroatoms. The number of carbonyl (C=O) groups is 2. The smallest absolute Gasteiger partial charge is 0.178 e. The van der Waals surface area contributed by atoms with Gasteiger partial charge in [-0.25, -0.2) is 0 Å². The summed E-state index contributed by atoms with van der Waals surface area (Å²) in [6.07, 6.45) is 11.7. The van der Waals surface area contributed by atoms with Crippen LogP contribution >= 0.6 is 15.9 Å². The van der Waals surface area contributed by atoms with Crippen LogP contribution in [0.25, 0.3) is 0 Å². The minimum Gasteiger partial charge on any atom is -0.299 e. The van der Waals surface area contributed by atoms with E-state index in [4.69, 9.17) is 0 Å². The number of allylic oxidation sites excluding steroid dienone is 4. The molecule has 0 bridgehead atoms. The summed E-state index contributed by atoms with van der Waals surface area (Å²) in [7, 11) is 0. The van der Waals surface area contributed by atoms with Crippen LogP contribution in [0.2, 0.25) is 0 Å². The van der Waals surface area contributed by atoms with Crippen LogP contribution in [0.15, 0.2) is 23.8 Å². The van der Waals surface area contributed by atoms with Crippen LogP contribution in [0.3, 0.4) is 0 Å². The first-order valence-corrected chi connectivity index (χ1v) is 10.0. The van der Waals surface area contributed by atoms with Gasteiger partial charge in [0.1, 0.15) is 12.0 Å². The molecule has 0 radical (unpaired) electrons. The van der Waals surface area contributed by atoms with Crippen LogP contribution in [0.1, 0.15) is 45.4 Å². The molecule has 2 nitrogen and oxygen atoms in total. The summed E-state index contributed by atoms with van der Waals surface area (Å²) in [6.45, 7) is 2.14. The highest BCUT2D eigenvalue weighted by Crippen LogP contribution is 2.65. The second-order valence-electron chi connectivity index (χ2n) is 8.32. The van der Waals surface area contributed by atoms with Crippen molar-refractivity contribution < 1.29 is 14.0 Å². The van der Waals surface area contributed by atoms with Gasteiger partial charge < -0.3 is 0 Å². The maximum absolute atomic E-state index is 12.7. The van der Waals surface area contributed by atoms with Crippen molar-refractivity contribution in [3.8, 4) is 12.1 Å². The molecule has 0 amide bonds. The molecule has 0 aromatic rings. The lowest BCUT2D eigenvalue weighted by Gasteiger charge is -2.57. The molecular weight excluding hydrogens is 383 g/mol. The van der Waals surface area contributed by atoms with Gasteiger partial charge in [-0.15, -0.1) is 4.39 Å². The third-order valence-corrected chi connectivity index (χ3v) is 8.32. The third kappa shape index (κ3) is 2.35. The van der Waals surface area contributed by atoms with E-state index in [1.807, 2.05) is 6.08 Å². The van der Waals surface area contributed by atoms with Crippen molar-refractivity contribution in [1.29, 1.82) is 0 Å². The lowest BCUT2D eigenvalue weighted by atomic mass is 9.47. The Hall–Kier alpha value is -1.21. The molecule has 25 heavy (non-hydrogen) atoms. The van der Waals surface area contributed by atoms with Crippen LogP contribution in [0.5, 0.6) is 0 Å². The highest BCUT2D eigenvalue weighted by molar-refractivity contribution is 9.09. The average molecular weight is 405 g/mol. The Kier molecular flexibility index (Phi) is 4.07. The number of ketones is 2. The van der Waals surface area contributed by atoms with E-state index in [0.29, 0.717) is 36.4 Å². The van der Waals surface area contributed by atoms with Crippen LogP contribution < -0.4 is 0 Å².